The van der Waals surface area contributed by atoms with Gasteiger partial charge in [0.2, 0.25) is 0 Å². The normalized spacial score (nSPS) is 15.9. The zero-order chi connectivity index (χ0) is 23.1. The minimum atomic E-state index is -4.19. The third-order valence-electron chi connectivity index (χ3n) is 5.72. The highest BCUT2D eigenvalue weighted by Gasteiger charge is 2.41. The minimum Gasteiger partial charge on any atom is -0.386 e. The van der Waals surface area contributed by atoms with Gasteiger partial charge >= 0.3 is 6.18 Å². The Hall–Kier alpha value is -3.14. The summed E-state index contributed by atoms with van der Waals surface area (Å²) >= 11 is 0. The smallest absolute Gasteiger partial charge is 0.386 e. The van der Waals surface area contributed by atoms with Crippen molar-refractivity contribution in [2.45, 2.75) is 38.5 Å². The molecule has 0 radical (unpaired) electrons. The molecule has 3 heterocycles. The lowest BCUT2D eigenvalue weighted by Gasteiger charge is -2.34. The predicted octanol–water partition coefficient (Wildman–Crippen LogP) is 3.99. The first-order chi connectivity index (χ1) is 15.0. The Morgan fingerprint density at radius 2 is 1.78 bits per heavy atom. The average Bonchev–Trinajstić information content (AvgIpc) is 3.21. The highest BCUT2D eigenvalue weighted by molar-refractivity contribution is 6.04. The average molecular weight is 447 g/mol. The molecule has 1 amide bonds. The third-order valence-corrected chi connectivity index (χ3v) is 5.72. The molecule has 0 atom stereocenters. The van der Waals surface area contributed by atoms with E-state index >= 15 is 0 Å². The van der Waals surface area contributed by atoms with Gasteiger partial charge in [0.05, 0.1) is 17.7 Å². The molecule has 1 saturated heterocycles. The summed E-state index contributed by atoms with van der Waals surface area (Å²) < 4.78 is 40.6. The number of halogens is 3. The van der Waals surface area contributed by atoms with Crippen molar-refractivity contribution in [2.75, 3.05) is 23.3 Å². The number of aliphatic hydroxyl groups is 1. The Balaban J connectivity index is 1.55. The van der Waals surface area contributed by atoms with E-state index in [9.17, 15) is 23.1 Å². The molecular weight excluding hydrogens is 423 g/mol. The molecule has 2 N–H and O–H groups in total. The molecule has 4 rings (SSSR count). The highest BCUT2D eigenvalue weighted by atomic mass is 19.4. The molecule has 2 aromatic heterocycles. The molecule has 0 bridgehead atoms. The summed E-state index contributed by atoms with van der Waals surface area (Å²) in [5.41, 5.74) is 0.532. The van der Waals surface area contributed by atoms with E-state index in [-0.39, 0.29) is 37.7 Å². The number of carbonyl (C=O) groups is 1. The molecule has 1 aliphatic rings. The molecule has 3 aromatic rings. The van der Waals surface area contributed by atoms with Crippen LogP contribution in [0, 0.1) is 5.92 Å². The lowest BCUT2D eigenvalue weighted by Crippen LogP contribution is -2.39. The van der Waals surface area contributed by atoms with Crippen LogP contribution in [0.2, 0.25) is 0 Å². The zero-order valence-electron chi connectivity index (χ0n) is 17.7. The molecule has 32 heavy (non-hydrogen) atoms. The summed E-state index contributed by atoms with van der Waals surface area (Å²) in [6, 6.07) is 9.87. The van der Waals surface area contributed by atoms with Crippen molar-refractivity contribution in [1.29, 1.82) is 0 Å². The fourth-order valence-corrected chi connectivity index (χ4v) is 3.84. The van der Waals surface area contributed by atoms with Gasteiger partial charge in [-0.25, -0.2) is 4.98 Å². The number of benzene rings is 1. The molecule has 0 saturated carbocycles. The Labute approximate surface area is 182 Å². The Bertz CT molecular complexity index is 1110. The van der Waals surface area contributed by atoms with Crippen molar-refractivity contribution in [2.24, 2.45) is 5.92 Å². The van der Waals surface area contributed by atoms with E-state index in [1.54, 1.807) is 61.0 Å². The van der Waals surface area contributed by atoms with Gasteiger partial charge in [0.1, 0.15) is 11.6 Å². The highest BCUT2D eigenvalue weighted by Crippen LogP contribution is 2.35. The first-order valence-corrected chi connectivity index (χ1v) is 10.3. The number of carbonyl (C=O) groups excluding carboxylic acids is 1. The van der Waals surface area contributed by atoms with Gasteiger partial charge in [-0.05, 0) is 44.4 Å². The van der Waals surface area contributed by atoms with Gasteiger partial charge in [-0.2, -0.15) is 22.8 Å². The van der Waals surface area contributed by atoms with Crippen LogP contribution in [-0.4, -0.2) is 44.9 Å². The van der Waals surface area contributed by atoms with Gasteiger partial charge in [-0.15, -0.1) is 0 Å². The van der Waals surface area contributed by atoms with Crippen LogP contribution in [0.1, 0.15) is 42.6 Å². The molecule has 0 unspecified atom stereocenters. The topological polar surface area (TPSA) is 82.8 Å². The lowest BCUT2D eigenvalue weighted by atomic mass is 9.96. The number of anilines is 2. The number of nitrogens with zero attached hydrogens (tertiary/aromatic N) is 4. The van der Waals surface area contributed by atoms with Gasteiger partial charge < -0.3 is 15.3 Å². The van der Waals surface area contributed by atoms with Crippen LogP contribution < -0.4 is 10.2 Å². The van der Waals surface area contributed by atoms with Gasteiger partial charge in [0.25, 0.3) is 5.91 Å². The molecule has 1 aliphatic heterocycles. The van der Waals surface area contributed by atoms with E-state index < -0.39 is 17.7 Å². The standard InChI is InChI=1S/C22H24F3N5O2/c1-21(2,32)15-5-3-14(4-6-15)20(31)28-17-13-19(30-18(27-17)7-10-26-30)29-11-8-16(9-12-29)22(23,24)25/h3-7,10,13,16,32H,8-9,11-12H2,1-2H3,(H,27,28,31). The van der Waals surface area contributed by atoms with Crippen LogP contribution >= 0.6 is 0 Å². The fourth-order valence-electron chi connectivity index (χ4n) is 3.84. The van der Waals surface area contributed by atoms with Crippen LogP contribution in [0.4, 0.5) is 24.8 Å². The molecule has 1 aromatic carbocycles. The van der Waals surface area contributed by atoms with Gasteiger partial charge in [0, 0.05) is 30.8 Å². The third kappa shape index (κ3) is 4.55. The number of piperidine rings is 1. The van der Waals surface area contributed by atoms with E-state index in [1.165, 1.54) is 0 Å². The van der Waals surface area contributed by atoms with Crippen molar-refractivity contribution in [3.63, 3.8) is 0 Å². The minimum absolute atomic E-state index is 0.00380. The van der Waals surface area contributed by atoms with Crippen LogP contribution in [0.5, 0.6) is 0 Å². The number of rotatable bonds is 4. The summed E-state index contributed by atoms with van der Waals surface area (Å²) in [5.74, 6) is -0.832. The first-order valence-electron chi connectivity index (χ1n) is 10.3. The summed E-state index contributed by atoms with van der Waals surface area (Å²) in [6.45, 7) is 3.78. The lowest BCUT2D eigenvalue weighted by molar-refractivity contribution is -0.179. The second-order valence-corrected chi connectivity index (χ2v) is 8.49. The van der Waals surface area contributed by atoms with Crippen LogP contribution in [-0.2, 0) is 5.60 Å². The Morgan fingerprint density at radius 1 is 1.12 bits per heavy atom. The van der Waals surface area contributed by atoms with Crippen LogP contribution in [0.15, 0.2) is 42.6 Å². The summed E-state index contributed by atoms with van der Waals surface area (Å²) in [7, 11) is 0. The second-order valence-electron chi connectivity index (χ2n) is 8.49. The van der Waals surface area contributed by atoms with Gasteiger partial charge in [-0.1, -0.05) is 12.1 Å². The fraction of sp³-hybridized carbons (Fsp3) is 0.409. The van der Waals surface area contributed by atoms with Crippen molar-refractivity contribution in [1.82, 2.24) is 14.6 Å². The van der Waals surface area contributed by atoms with E-state index in [2.05, 4.69) is 15.4 Å². The van der Waals surface area contributed by atoms with Gasteiger partial charge in [0.15, 0.2) is 5.65 Å². The van der Waals surface area contributed by atoms with Crippen molar-refractivity contribution < 1.29 is 23.1 Å². The Kier molecular flexibility index (Phi) is 5.58. The maximum Gasteiger partial charge on any atom is 0.391 e. The van der Waals surface area contributed by atoms with Crippen molar-refractivity contribution in [3.05, 3.63) is 53.7 Å². The maximum atomic E-state index is 13.0. The number of hydrogen-bond donors (Lipinski definition) is 2. The summed E-state index contributed by atoms with van der Waals surface area (Å²) in [5, 5.41) is 17.0. The molecule has 10 heteroatoms. The van der Waals surface area contributed by atoms with E-state index in [1.807, 2.05) is 4.90 Å². The molecule has 170 valence electrons. The van der Waals surface area contributed by atoms with Gasteiger partial charge in [-0.3, -0.25) is 4.79 Å². The largest absolute Gasteiger partial charge is 0.391 e. The predicted molar refractivity (Wildman–Crippen MR) is 114 cm³/mol. The quantitative estimate of drug-likeness (QED) is 0.632. The summed E-state index contributed by atoms with van der Waals surface area (Å²) in [4.78, 5) is 18.9. The number of amides is 1. The number of hydrogen-bond acceptors (Lipinski definition) is 5. The second kappa shape index (κ2) is 8.09. The monoisotopic (exact) mass is 447 g/mol. The summed E-state index contributed by atoms with van der Waals surface area (Å²) in [6.07, 6.45) is -2.63. The zero-order valence-corrected chi connectivity index (χ0v) is 17.7. The molecule has 7 nitrogen and oxygen atoms in total. The molecule has 0 aliphatic carbocycles. The van der Waals surface area contributed by atoms with Crippen molar-refractivity contribution in [3.8, 4) is 0 Å². The van der Waals surface area contributed by atoms with E-state index in [0.717, 1.165) is 0 Å². The Morgan fingerprint density at radius 3 is 2.38 bits per heavy atom. The van der Waals surface area contributed by atoms with E-state index in [4.69, 9.17) is 0 Å². The number of aromatic nitrogens is 3. The van der Waals surface area contributed by atoms with E-state index in [0.29, 0.717) is 22.6 Å². The van der Waals surface area contributed by atoms with Crippen LogP contribution in [0.25, 0.3) is 5.65 Å². The maximum absolute atomic E-state index is 13.0. The van der Waals surface area contributed by atoms with Crippen LogP contribution in [0.3, 0.4) is 0 Å². The molecule has 1 fully saturated rings. The number of fused-ring (bicyclic) bond motifs is 1. The molecular formula is C22H24F3N5O2. The van der Waals surface area contributed by atoms with Crippen molar-refractivity contribution >= 4 is 23.2 Å². The number of nitrogens with one attached hydrogen (secondary N) is 1. The first kappa shape index (κ1) is 22.1. The SMILES string of the molecule is CC(C)(O)c1ccc(C(=O)Nc2cc(N3CCC(C(F)(F)F)CC3)n3nccc3n2)cc1. The molecule has 0 spiro atoms. The number of alkyl halides is 3.